The average Bonchev–Trinajstić information content (AvgIpc) is 3.07. The highest BCUT2D eigenvalue weighted by Gasteiger charge is 2.29. The highest BCUT2D eigenvalue weighted by Crippen LogP contribution is 2.24. The Labute approximate surface area is 142 Å². The molecule has 1 unspecified atom stereocenters. The van der Waals surface area contributed by atoms with E-state index in [9.17, 15) is 4.79 Å². The van der Waals surface area contributed by atoms with Gasteiger partial charge in [-0.05, 0) is 37.8 Å². The fourth-order valence-electron chi connectivity index (χ4n) is 3.98. The lowest BCUT2D eigenvalue weighted by Gasteiger charge is -2.33. The number of anilines is 1. The molecule has 24 heavy (non-hydrogen) atoms. The molecule has 1 N–H and O–H groups in total. The highest BCUT2D eigenvalue weighted by molar-refractivity contribution is 5.79. The third-order valence-corrected chi connectivity index (χ3v) is 5.32. The third kappa shape index (κ3) is 3.09. The SMILES string of the molecule is O=C(NC1CCCCC1)C1CCCN(c2nnc3ccccn23)C1. The number of nitrogens with one attached hydrogen (secondary N) is 1. The summed E-state index contributed by atoms with van der Waals surface area (Å²) in [4.78, 5) is 14.9. The van der Waals surface area contributed by atoms with Crippen LogP contribution in [0.3, 0.4) is 0 Å². The fraction of sp³-hybridized carbons (Fsp3) is 0.611. The number of piperidine rings is 1. The van der Waals surface area contributed by atoms with Crippen LogP contribution >= 0.6 is 0 Å². The Kier molecular flexibility index (Phi) is 4.36. The van der Waals surface area contributed by atoms with Crippen molar-refractivity contribution in [3.05, 3.63) is 24.4 Å². The normalized spacial score (nSPS) is 22.7. The first kappa shape index (κ1) is 15.4. The van der Waals surface area contributed by atoms with Gasteiger partial charge in [-0.15, -0.1) is 10.2 Å². The van der Waals surface area contributed by atoms with Crippen molar-refractivity contribution in [2.75, 3.05) is 18.0 Å². The standard InChI is InChI=1S/C18H25N5O/c24-17(19-15-8-2-1-3-9-15)14-7-6-11-22(13-14)18-21-20-16-10-4-5-12-23(16)18/h4-5,10,12,14-15H,1-3,6-9,11,13H2,(H,19,24). The molecule has 1 aliphatic heterocycles. The van der Waals surface area contributed by atoms with Gasteiger partial charge >= 0.3 is 0 Å². The topological polar surface area (TPSA) is 62.5 Å². The first-order valence-electron chi connectivity index (χ1n) is 9.16. The number of carbonyl (C=O) groups excluding carboxylic acids is 1. The summed E-state index contributed by atoms with van der Waals surface area (Å²) in [6.45, 7) is 1.66. The van der Waals surface area contributed by atoms with Gasteiger partial charge in [0.1, 0.15) is 0 Å². The number of rotatable bonds is 3. The number of amides is 1. The monoisotopic (exact) mass is 327 g/mol. The van der Waals surface area contributed by atoms with Gasteiger partial charge in [0, 0.05) is 25.3 Å². The van der Waals surface area contributed by atoms with Gasteiger partial charge in [-0.2, -0.15) is 0 Å². The maximum atomic E-state index is 12.7. The summed E-state index contributed by atoms with van der Waals surface area (Å²) >= 11 is 0. The Bertz CT molecular complexity index is 706. The van der Waals surface area contributed by atoms with Crippen molar-refractivity contribution in [2.45, 2.75) is 51.0 Å². The molecular weight excluding hydrogens is 302 g/mol. The molecule has 1 saturated carbocycles. The van der Waals surface area contributed by atoms with E-state index in [1.54, 1.807) is 0 Å². The van der Waals surface area contributed by atoms with Crippen molar-refractivity contribution < 1.29 is 4.79 Å². The maximum Gasteiger partial charge on any atom is 0.231 e. The van der Waals surface area contributed by atoms with Crippen molar-refractivity contribution in [1.82, 2.24) is 19.9 Å². The van der Waals surface area contributed by atoms with E-state index in [0.29, 0.717) is 6.04 Å². The molecule has 1 aliphatic carbocycles. The van der Waals surface area contributed by atoms with Crippen molar-refractivity contribution >= 4 is 17.5 Å². The van der Waals surface area contributed by atoms with Crippen molar-refractivity contribution in [3.63, 3.8) is 0 Å². The summed E-state index contributed by atoms with van der Waals surface area (Å²) in [6.07, 6.45) is 10.0. The smallest absolute Gasteiger partial charge is 0.231 e. The molecule has 6 heteroatoms. The van der Waals surface area contributed by atoms with Crippen LogP contribution in [0.1, 0.15) is 44.9 Å². The minimum atomic E-state index is 0.0525. The number of pyridine rings is 1. The van der Waals surface area contributed by atoms with Gasteiger partial charge in [0.25, 0.3) is 0 Å². The van der Waals surface area contributed by atoms with Crippen molar-refractivity contribution in [3.8, 4) is 0 Å². The largest absolute Gasteiger partial charge is 0.353 e. The molecule has 0 spiro atoms. The second-order valence-electron chi connectivity index (χ2n) is 7.06. The summed E-state index contributed by atoms with van der Waals surface area (Å²) in [7, 11) is 0. The summed E-state index contributed by atoms with van der Waals surface area (Å²) < 4.78 is 2.00. The molecular formula is C18H25N5O. The van der Waals surface area contributed by atoms with E-state index >= 15 is 0 Å². The molecule has 1 saturated heterocycles. The van der Waals surface area contributed by atoms with E-state index in [2.05, 4.69) is 20.4 Å². The minimum absolute atomic E-state index is 0.0525. The predicted octanol–water partition coefficient (Wildman–Crippen LogP) is 2.39. The molecule has 3 heterocycles. The first-order valence-corrected chi connectivity index (χ1v) is 9.16. The van der Waals surface area contributed by atoms with Crippen molar-refractivity contribution in [2.24, 2.45) is 5.92 Å². The van der Waals surface area contributed by atoms with Gasteiger partial charge in [-0.25, -0.2) is 0 Å². The van der Waals surface area contributed by atoms with Gasteiger partial charge in [-0.1, -0.05) is 25.3 Å². The Morgan fingerprint density at radius 1 is 1.08 bits per heavy atom. The zero-order chi connectivity index (χ0) is 16.4. The molecule has 1 amide bonds. The molecule has 2 aromatic heterocycles. The van der Waals surface area contributed by atoms with Gasteiger partial charge in [0.2, 0.25) is 11.9 Å². The molecule has 2 fully saturated rings. The Morgan fingerprint density at radius 2 is 1.96 bits per heavy atom. The van der Waals surface area contributed by atoms with Gasteiger partial charge in [0.05, 0.1) is 5.92 Å². The first-order chi connectivity index (χ1) is 11.8. The summed E-state index contributed by atoms with van der Waals surface area (Å²) in [6, 6.07) is 6.28. The molecule has 0 radical (unpaired) electrons. The van der Waals surface area contributed by atoms with Crippen LogP contribution < -0.4 is 10.2 Å². The number of carbonyl (C=O) groups is 1. The zero-order valence-electron chi connectivity index (χ0n) is 14.0. The average molecular weight is 327 g/mol. The predicted molar refractivity (Wildman–Crippen MR) is 92.9 cm³/mol. The number of hydrogen-bond donors (Lipinski definition) is 1. The second-order valence-corrected chi connectivity index (χ2v) is 7.06. The van der Waals surface area contributed by atoms with E-state index in [0.717, 1.165) is 50.4 Å². The summed E-state index contributed by atoms with van der Waals surface area (Å²) in [5.41, 5.74) is 0.848. The van der Waals surface area contributed by atoms with E-state index in [1.165, 1.54) is 19.3 Å². The van der Waals surface area contributed by atoms with Crippen LogP contribution in [0.25, 0.3) is 5.65 Å². The highest BCUT2D eigenvalue weighted by atomic mass is 16.2. The number of fused-ring (bicyclic) bond motifs is 1. The lowest BCUT2D eigenvalue weighted by molar-refractivity contribution is -0.126. The molecule has 0 bridgehead atoms. The Hall–Kier alpha value is -2.11. The van der Waals surface area contributed by atoms with Crippen LogP contribution in [0.5, 0.6) is 0 Å². The van der Waals surface area contributed by atoms with Gasteiger partial charge in [0.15, 0.2) is 5.65 Å². The second kappa shape index (κ2) is 6.79. The van der Waals surface area contributed by atoms with E-state index < -0.39 is 0 Å². The fourth-order valence-corrected chi connectivity index (χ4v) is 3.98. The third-order valence-electron chi connectivity index (χ3n) is 5.32. The summed E-state index contributed by atoms with van der Waals surface area (Å²) in [5, 5.41) is 11.8. The molecule has 2 aromatic rings. The Morgan fingerprint density at radius 3 is 2.83 bits per heavy atom. The van der Waals surface area contributed by atoms with Crippen LogP contribution in [0.2, 0.25) is 0 Å². The van der Waals surface area contributed by atoms with Crippen molar-refractivity contribution in [1.29, 1.82) is 0 Å². The van der Waals surface area contributed by atoms with E-state index in [1.807, 2.05) is 28.8 Å². The van der Waals surface area contributed by atoms with Crippen LogP contribution in [-0.2, 0) is 4.79 Å². The molecule has 2 aliphatic rings. The van der Waals surface area contributed by atoms with Gasteiger partial charge in [-0.3, -0.25) is 9.20 Å². The van der Waals surface area contributed by atoms with Gasteiger partial charge < -0.3 is 10.2 Å². The minimum Gasteiger partial charge on any atom is -0.353 e. The number of aromatic nitrogens is 3. The number of hydrogen-bond acceptors (Lipinski definition) is 4. The molecule has 0 aromatic carbocycles. The zero-order valence-corrected chi connectivity index (χ0v) is 14.0. The number of nitrogens with zero attached hydrogens (tertiary/aromatic N) is 4. The molecule has 6 nitrogen and oxygen atoms in total. The van der Waals surface area contributed by atoms with E-state index in [-0.39, 0.29) is 11.8 Å². The quantitative estimate of drug-likeness (QED) is 0.940. The lowest BCUT2D eigenvalue weighted by Crippen LogP contribution is -2.46. The molecule has 4 rings (SSSR count). The molecule has 1 atom stereocenters. The molecule has 128 valence electrons. The van der Waals surface area contributed by atoms with E-state index in [4.69, 9.17) is 0 Å². The Balaban J connectivity index is 1.44. The van der Waals surface area contributed by atoms with Crippen LogP contribution in [0.4, 0.5) is 5.95 Å². The van der Waals surface area contributed by atoms with Crippen LogP contribution in [0, 0.1) is 5.92 Å². The summed E-state index contributed by atoms with van der Waals surface area (Å²) in [5.74, 6) is 1.12. The van der Waals surface area contributed by atoms with Crippen LogP contribution in [-0.4, -0.2) is 39.6 Å². The van der Waals surface area contributed by atoms with Crippen LogP contribution in [0.15, 0.2) is 24.4 Å². The maximum absolute atomic E-state index is 12.7. The lowest BCUT2D eigenvalue weighted by atomic mass is 9.93.